The Kier molecular flexibility index (Phi) is 11.3. The molecule has 2 heterocycles. The zero-order valence-electron chi connectivity index (χ0n) is 22.6. The molecule has 1 amide bonds. The fraction of sp³-hybridized carbons (Fsp3) is 0.333. The number of aromatic nitrogens is 3. The largest absolute Gasteiger partial charge is 0.490 e. The molecule has 4 rings (SSSR count). The number of halogens is 3. The summed E-state index contributed by atoms with van der Waals surface area (Å²) in [5.41, 5.74) is 3.99. The van der Waals surface area contributed by atoms with Crippen LogP contribution in [0.2, 0.25) is 0 Å². The van der Waals surface area contributed by atoms with Gasteiger partial charge < -0.3 is 20.4 Å². The summed E-state index contributed by atoms with van der Waals surface area (Å²) in [6, 6.07) is 17.9. The molecule has 0 aliphatic rings. The summed E-state index contributed by atoms with van der Waals surface area (Å²) in [7, 11) is 0. The first kappa shape index (κ1) is 31.1. The lowest BCUT2D eigenvalue weighted by molar-refractivity contribution is -0.192. The lowest BCUT2D eigenvalue weighted by Gasteiger charge is -2.17. The summed E-state index contributed by atoms with van der Waals surface area (Å²) in [6.07, 6.45) is 3.70. The average molecular weight is 571 g/mol. The maximum atomic E-state index is 13.0. The highest BCUT2D eigenvalue weighted by Gasteiger charge is 2.38. The number of carbonyl (C=O) groups is 3. The monoisotopic (exact) mass is 570 g/mol. The number of benzene rings is 2. The van der Waals surface area contributed by atoms with Crippen LogP contribution < -0.4 is 5.32 Å². The normalized spacial score (nSPS) is 11.9. The van der Waals surface area contributed by atoms with Gasteiger partial charge in [0, 0.05) is 24.6 Å². The van der Waals surface area contributed by atoms with Gasteiger partial charge in [0.2, 0.25) is 5.91 Å². The second kappa shape index (κ2) is 14.8. The van der Waals surface area contributed by atoms with E-state index in [0.29, 0.717) is 25.0 Å². The number of carboxylic acids is 1. The molecule has 0 bridgehead atoms. The number of H-pyrrole nitrogens is 2. The van der Waals surface area contributed by atoms with E-state index in [1.165, 1.54) is 0 Å². The maximum absolute atomic E-state index is 13.0. The molecular formula is C30H33F3N4O4. The number of alkyl halides is 3. The van der Waals surface area contributed by atoms with Crippen LogP contribution in [-0.2, 0) is 20.8 Å². The predicted molar refractivity (Wildman–Crippen MR) is 149 cm³/mol. The Bertz CT molecular complexity index is 1430. The summed E-state index contributed by atoms with van der Waals surface area (Å²) in [4.78, 5) is 44.6. The van der Waals surface area contributed by atoms with E-state index in [1.807, 2.05) is 73.9 Å². The molecule has 2 aromatic heterocycles. The minimum atomic E-state index is -5.08. The second-order valence-electron chi connectivity index (χ2n) is 9.54. The number of rotatable bonds is 12. The molecule has 0 saturated carbocycles. The first-order valence-corrected chi connectivity index (χ1v) is 13.3. The Labute approximate surface area is 235 Å². The smallest absolute Gasteiger partial charge is 0.475 e. The molecule has 0 aliphatic heterocycles. The molecule has 0 unspecified atom stereocenters. The fourth-order valence-corrected chi connectivity index (χ4v) is 4.22. The van der Waals surface area contributed by atoms with E-state index >= 15 is 0 Å². The Morgan fingerprint density at radius 2 is 1.76 bits per heavy atom. The third-order valence-electron chi connectivity index (χ3n) is 6.41. The summed E-state index contributed by atoms with van der Waals surface area (Å²) in [5.74, 6) is -1.72. The Balaban J connectivity index is 0.000000587. The highest BCUT2D eigenvalue weighted by atomic mass is 19.4. The van der Waals surface area contributed by atoms with Crippen molar-refractivity contribution in [2.45, 2.75) is 64.1 Å². The minimum Gasteiger partial charge on any atom is -0.475 e. The number of hydrogen-bond donors (Lipinski definition) is 4. The van der Waals surface area contributed by atoms with Crippen LogP contribution in [-0.4, -0.2) is 43.9 Å². The van der Waals surface area contributed by atoms with Crippen molar-refractivity contribution in [1.29, 1.82) is 0 Å². The van der Waals surface area contributed by atoms with Crippen LogP contribution >= 0.6 is 0 Å². The summed E-state index contributed by atoms with van der Waals surface area (Å²) in [5, 5.41) is 11.4. The van der Waals surface area contributed by atoms with Crippen LogP contribution in [0.5, 0.6) is 0 Å². The number of fused-ring (bicyclic) bond motifs is 1. The van der Waals surface area contributed by atoms with Crippen LogP contribution in [0.1, 0.15) is 62.9 Å². The Morgan fingerprint density at radius 1 is 1.02 bits per heavy atom. The predicted octanol–water partition coefficient (Wildman–Crippen LogP) is 6.52. The first-order valence-electron chi connectivity index (χ1n) is 13.3. The van der Waals surface area contributed by atoms with Crippen LogP contribution in [0.15, 0.2) is 67.0 Å². The molecular weight excluding hydrogens is 537 g/mol. The number of unbranched alkanes of at least 4 members (excludes halogenated alkanes) is 2. The molecule has 4 aromatic rings. The number of aliphatic carboxylic acids is 1. The van der Waals surface area contributed by atoms with E-state index in [2.05, 4.69) is 20.3 Å². The lowest BCUT2D eigenvalue weighted by atomic mass is 10.0. The molecule has 2 aromatic carbocycles. The first-order chi connectivity index (χ1) is 19.6. The van der Waals surface area contributed by atoms with Gasteiger partial charge in [-0.15, -0.1) is 0 Å². The number of ketones is 1. The molecule has 0 fully saturated rings. The van der Waals surface area contributed by atoms with Gasteiger partial charge in [-0.25, -0.2) is 9.78 Å². The van der Waals surface area contributed by atoms with Crippen molar-refractivity contribution in [3.8, 4) is 11.3 Å². The zero-order valence-corrected chi connectivity index (χ0v) is 22.6. The van der Waals surface area contributed by atoms with Gasteiger partial charge in [-0.05, 0) is 41.5 Å². The van der Waals surface area contributed by atoms with Crippen molar-refractivity contribution in [1.82, 2.24) is 20.3 Å². The number of aromatic amines is 2. The van der Waals surface area contributed by atoms with E-state index in [1.54, 1.807) is 0 Å². The van der Waals surface area contributed by atoms with Crippen LogP contribution in [0.3, 0.4) is 0 Å². The number of Topliss-reactive ketones (excluding diaryl/α,β-unsaturated/α-hetero) is 1. The number of hydrogen-bond acceptors (Lipinski definition) is 4. The highest BCUT2D eigenvalue weighted by Crippen LogP contribution is 2.23. The quantitative estimate of drug-likeness (QED) is 0.144. The standard InChI is InChI=1S/C28H32N4O2.C2HF3O2/c1-2-23(33)11-7-4-8-12-24(28-30-19-26(32-28)21-9-5-3-6-10-21)31-27(34)18-20-13-14-22-15-16-29-25(22)17-20;3-2(4,5)1(6)7/h3,5-6,9-10,13-17,19,24,29H,2,4,7-8,11-12,18H2,1H3,(H,30,32)(H,31,34);(H,6,7)/t24-;/m0./s1. The maximum Gasteiger partial charge on any atom is 0.490 e. The number of nitrogens with zero attached hydrogens (tertiary/aromatic N) is 1. The van der Waals surface area contributed by atoms with Crippen molar-refractivity contribution < 1.29 is 32.7 Å². The molecule has 11 heteroatoms. The molecule has 1 atom stereocenters. The van der Waals surface area contributed by atoms with Crippen LogP contribution in [0.4, 0.5) is 13.2 Å². The zero-order chi connectivity index (χ0) is 29.8. The number of nitrogens with one attached hydrogen (secondary N) is 3. The third-order valence-corrected chi connectivity index (χ3v) is 6.41. The van der Waals surface area contributed by atoms with Gasteiger partial charge in [-0.1, -0.05) is 62.2 Å². The van der Waals surface area contributed by atoms with Crippen molar-refractivity contribution in [2.75, 3.05) is 0 Å². The van der Waals surface area contributed by atoms with Gasteiger partial charge >= 0.3 is 12.1 Å². The van der Waals surface area contributed by atoms with Crippen LogP contribution in [0, 0.1) is 0 Å². The Hall–Kier alpha value is -4.41. The second-order valence-corrected chi connectivity index (χ2v) is 9.54. The summed E-state index contributed by atoms with van der Waals surface area (Å²) < 4.78 is 31.7. The lowest BCUT2D eigenvalue weighted by Crippen LogP contribution is -2.30. The van der Waals surface area contributed by atoms with Crippen molar-refractivity contribution in [3.05, 3.63) is 78.4 Å². The molecule has 0 spiro atoms. The highest BCUT2D eigenvalue weighted by molar-refractivity contribution is 5.83. The average Bonchev–Trinajstić information content (AvgIpc) is 3.62. The number of carbonyl (C=O) groups excluding carboxylic acids is 2. The van der Waals surface area contributed by atoms with Crippen molar-refractivity contribution in [3.63, 3.8) is 0 Å². The van der Waals surface area contributed by atoms with Crippen molar-refractivity contribution >= 4 is 28.6 Å². The molecule has 218 valence electrons. The number of imidazole rings is 1. The van der Waals surface area contributed by atoms with Gasteiger partial charge in [-0.2, -0.15) is 13.2 Å². The van der Waals surface area contributed by atoms with E-state index < -0.39 is 12.1 Å². The van der Waals surface area contributed by atoms with Gasteiger partial charge in [-0.3, -0.25) is 9.59 Å². The fourth-order valence-electron chi connectivity index (χ4n) is 4.22. The molecule has 41 heavy (non-hydrogen) atoms. The minimum absolute atomic E-state index is 0.0327. The van der Waals surface area contributed by atoms with Gasteiger partial charge in [0.15, 0.2) is 0 Å². The molecule has 4 N–H and O–H groups in total. The van der Waals surface area contributed by atoms with Gasteiger partial charge in [0.05, 0.1) is 24.4 Å². The molecule has 0 saturated heterocycles. The molecule has 0 radical (unpaired) electrons. The molecule has 0 aliphatic carbocycles. The van der Waals surface area contributed by atoms with Crippen LogP contribution in [0.25, 0.3) is 22.2 Å². The van der Waals surface area contributed by atoms with Crippen molar-refractivity contribution in [2.24, 2.45) is 0 Å². The van der Waals surface area contributed by atoms with E-state index in [-0.39, 0.29) is 11.9 Å². The van der Waals surface area contributed by atoms with Gasteiger partial charge in [0.25, 0.3) is 0 Å². The van der Waals surface area contributed by atoms with Gasteiger partial charge in [0.1, 0.15) is 11.6 Å². The number of amides is 1. The molecule has 8 nitrogen and oxygen atoms in total. The van der Waals surface area contributed by atoms with E-state index in [9.17, 15) is 22.8 Å². The topological polar surface area (TPSA) is 128 Å². The Morgan fingerprint density at radius 3 is 2.44 bits per heavy atom. The summed E-state index contributed by atoms with van der Waals surface area (Å²) in [6.45, 7) is 1.91. The SMILES string of the molecule is CCC(=O)CCCCC[C@H](NC(=O)Cc1ccc2cc[nH]c2c1)c1ncc(-c2ccccc2)[nH]1.O=C(O)C(F)(F)F. The van der Waals surface area contributed by atoms with E-state index in [0.717, 1.165) is 59.2 Å². The van der Waals surface area contributed by atoms with E-state index in [4.69, 9.17) is 9.90 Å². The number of carboxylic acid groups (broad SMARTS) is 1. The summed E-state index contributed by atoms with van der Waals surface area (Å²) >= 11 is 0. The third kappa shape index (κ3) is 9.93.